The van der Waals surface area contributed by atoms with Crippen molar-refractivity contribution in [2.45, 2.75) is 6.54 Å². The molecule has 0 aliphatic rings. The van der Waals surface area contributed by atoms with Gasteiger partial charge in [-0.25, -0.2) is 0 Å². The van der Waals surface area contributed by atoms with Gasteiger partial charge in [0.05, 0.1) is 0 Å². The summed E-state index contributed by atoms with van der Waals surface area (Å²) in [4.78, 5) is 10.9. The fourth-order valence-corrected chi connectivity index (χ4v) is 1.65. The maximum atomic E-state index is 10.9. The van der Waals surface area contributed by atoms with Gasteiger partial charge < -0.3 is 10.3 Å². The van der Waals surface area contributed by atoms with Gasteiger partial charge in [0.2, 0.25) is 0 Å². The van der Waals surface area contributed by atoms with Crippen molar-refractivity contribution in [3.05, 3.63) is 63.5 Å². The molecule has 3 nitrogen and oxygen atoms in total. The Balaban J connectivity index is 2.30. The average molecular weight is 235 g/mol. The van der Waals surface area contributed by atoms with E-state index in [0.717, 1.165) is 5.56 Å². The van der Waals surface area contributed by atoms with Crippen LogP contribution in [0.4, 0.5) is 5.69 Å². The van der Waals surface area contributed by atoms with E-state index in [2.05, 4.69) is 0 Å². The second kappa shape index (κ2) is 4.41. The second-order valence-corrected chi connectivity index (χ2v) is 3.99. The number of nitrogens with zero attached hydrogens (tertiary/aromatic N) is 1. The topological polar surface area (TPSA) is 48.0 Å². The number of halogens is 1. The molecule has 0 unspecified atom stereocenters. The standard InChI is InChI=1S/C12H11ClN2O/c13-10-1-2-12(14)9(7-10)8-15-5-3-11(16)4-6-15/h1-7H,8,14H2. The molecule has 0 saturated carbocycles. The highest BCUT2D eigenvalue weighted by Crippen LogP contribution is 2.18. The minimum Gasteiger partial charge on any atom is -0.398 e. The van der Waals surface area contributed by atoms with Gasteiger partial charge in [-0.15, -0.1) is 0 Å². The molecular weight excluding hydrogens is 224 g/mol. The molecule has 0 aliphatic carbocycles. The van der Waals surface area contributed by atoms with Crippen LogP contribution in [0.25, 0.3) is 0 Å². The van der Waals surface area contributed by atoms with Crippen molar-refractivity contribution in [1.82, 2.24) is 4.57 Å². The fourth-order valence-electron chi connectivity index (χ4n) is 1.46. The molecule has 1 aromatic heterocycles. The Labute approximate surface area is 98.1 Å². The zero-order valence-corrected chi connectivity index (χ0v) is 9.32. The van der Waals surface area contributed by atoms with Crippen LogP contribution in [-0.4, -0.2) is 4.57 Å². The van der Waals surface area contributed by atoms with Gasteiger partial charge in [0.15, 0.2) is 5.43 Å². The molecule has 1 heterocycles. The van der Waals surface area contributed by atoms with E-state index in [9.17, 15) is 4.79 Å². The summed E-state index contributed by atoms with van der Waals surface area (Å²) >= 11 is 5.89. The molecule has 16 heavy (non-hydrogen) atoms. The molecule has 0 amide bonds. The lowest BCUT2D eigenvalue weighted by Gasteiger charge is -2.08. The maximum absolute atomic E-state index is 10.9. The molecule has 2 N–H and O–H groups in total. The highest BCUT2D eigenvalue weighted by molar-refractivity contribution is 6.30. The van der Waals surface area contributed by atoms with Crippen molar-refractivity contribution < 1.29 is 0 Å². The lowest BCUT2D eigenvalue weighted by Crippen LogP contribution is -2.06. The van der Waals surface area contributed by atoms with Gasteiger partial charge in [-0.3, -0.25) is 4.79 Å². The predicted molar refractivity (Wildman–Crippen MR) is 65.7 cm³/mol. The van der Waals surface area contributed by atoms with Crippen LogP contribution in [0, 0.1) is 0 Å². The summed E-state index contributed by atoms with van der Waals surface area (Å²) in [5.41, 5.74) is 7.47. The normalized spacial score (nSPS) is 10.3. The first-order chi connectivity index (χ1) is 7.65. The smallest absolute Gasteiger partial charge is 0.181 e. The van der Waals surface area contributed by atoms with Crippen molar-refractivity contribution in [3.8, 4) is 0 Å². The summed E-state index contributed by atoms with van der Waals surface area (Å²) in [5.74, 6) is 0. The van der Waals surface area contributed by atoms with E-state index in [-0.39, 0.29) is 5.43 Å². The third-order valence-corrected chi connectivity index (χ3v) is 2.55. The monoisotopic (exact) mass is 234 g/mol. The predicted octanol–water partition coefficient (Wildman–Crippen LogP) is 2.13. The average Bonchev–Trinajstić information content (AvgIpc) is 2.27. The van der Waals surface area contributed by atoms with Gasteiger partial charge in [-0.1, -0.05) is 11.6 Å². The Morgan fingerprint density at radius 1 is 1.19 bits per heavy atom. The number of nitrogen functional groups attached to an aromatic ring is 1. The van der Waals surface area contributed by atoms with Gasteiger partial charge >= 0.3 is 0 Å². The lowest BCUT2D eigenvalue weighted by molar-refractivity contribution is 0.791. The summed E-state index contributed by atoms with van der Waals surface area (Å²) in [6.45, 7) is 0.604. The SMILES string of the molecule is Nc1ccc(Cl)cc1Cn1ccc(=O)cc1. The second-order valence-electron chi connectivity index (χ2n) is 3.55. The van der Waals surface area contributed by atoms with E-state index in [0.29, 0.717) is 17.3 Å². The van der Waals surface area contributed by atoms with Crippen LogP contribution in [0.2, 0.25) is 5.02 Å². The van der Waals surface area contributed by atoms with E-state index < -0.39 is 0 Å². The lowest BCUT2D eigenvalue weighted by atomic mass is 10.2. The quantitative estimate of drug-likeness (QED) is 0.810. The van der Waals surface area contributed by atoms with Crippen LogP contribution in [0.1, 0.15) is 5.56 Å². The van der Waals surface area contributed by atoms with Crippen LogP contribution in [0.15, 0.2) is 47.5 Å². The number of rotatable bonds is 2. The van der Waals surface area contributed by atoms with Crippen molar-refractivity contribution in [2.75, 3.05) is 5.73 Å². The Bertz CT molecular complexity index is 543. The molecule has 0 saturated heterocycles. The van der Waals surface area contributed by atoms with Gasteiger partial charge in [-0.05, 0) is 23.8 Å². The molecule has 0 spiro atoms. The third kappa shape index (κ3) is 2.44. The first kappa shape index (κ1) is 10.8. The number of aromatic nitrogens is 1. The van der Waals surface area contributed by atoms with Crippen LogP contribution >= 0.6 is 11.6 Å². The summed E-state index contributed by atoms with van der Waals surface area (Å²) < 4.78 is 1.88. The van der Waals surface area contributed by atoms with Crippen molar-refractivity contribution in [1.29, 1.82) is 0 Å². The van der Waals surface area contributed by atoms with Crippen LogP contribution in [0.5, 0.6) is 0 Å². The van der Waals surface area contributed by atoms with E-state index in [4.69, 9.17) is 17.3 Å². The Hall–Kier alpha value is -1.74. The van der Waals surface area contributed by atoms with Gasteiger partial charge in [0.1, 0.15) is 0 Å². The van der Waals surface area contributed by atoms with E-state index in [1.807, 2.05) is 10.6 Å². The molecule has 0 aliphatic heterocycles. The number of hydrogen-bond donors (Lipinski definition) is 1. The van der Waals surface area contributed by atoms with Gasteiger partial charge in [0.25, 0.3) is 0 Å². The zero-order chi connectivity index (χ0) is 11.5. The van der Waals surface area contributed by atoms with Crippen LogP contribution in [-0.2, 0) is 6.54 Å². The molecule has 0 bridgehead atoms. The van der Waals surface area contributed by atoms with Crippen molar-refractivity contribution in [3.63, 3.8) is 0 Å². The summed E-state index contributed by atoms with van der Waals surface area (Å²) in [5, 5.41) is 0.658. The summed E-state index contributed by atoms with van der Waals surface area (Å²) in [6, 6.07) is 8.39. The molecule has 2 rings (SSSR count). The van der Waals surface area contributed by atoms with Gasteiger partial charge in [0, 0.05) is 41.8 Å². The van der Waals surface area contributed by atoms with E-state index in [1.165, 1.54) is 12.1 Å². The first-order valence-electron chi connectivity index (χ1n) is 4.85. The Kier molecular flexibility index (Phi) is 2.97. The molecule has 0 fully saturated rings. The zero-order valence-electron chi connectivity index (χ0n) is 8.56. The minimum absolute atomic E-state index is 0.00434. The number of hydrogen-bond acceptors (Lipinski definition) is 2. The van der Waals surface area contributed by atoms with Gasteiger partial charge in [-0.2, -0.15) is 0 Å². The number of anilines is 1. The minimum atomic E-state index is -0.00434. The molecule has 82 valence electrons. The number of benzene rings is 1. The molecule has 1 aromatic carbocycles. The highest BCUT2D eigenvalue weighted by atomic mass is 35.5. The number of nitrogens with two attached hydrogens (primary N) is 1. The van der Waals surface area contributed by atoms with E-state index >= 15 is 0 Å². The van der Waals surface area contributed by atoms with Crippen LogP contribution < -0.4 is 11.2 Å². The molecule has 0 atom stereocenters. The molecule has 0 radical (unpaired) electrons. The maximum Gasteiger partial charge on any atom is 0.181 e. The summed E-state index contributed by atoms with van der Waals surface area (Å²) in [7, 11) is 0. The first-order valence-corrected chi connectivity index (χ1v) is 5.23. The number of pyridine rings is 1. The Morgan fingerprint density at radius 2 is 1.88 bits per heavy atom. The summed E-state index contributed by atoms with van der Waals surface area (Å²) in [6.07, 6.45) is 3.45. The third-order valence-electron chi connectivity index (χ3n) is 2.32. The Morgan fingerprint density at radius 3 is 2.56 bits per heavy atom. The van der Waals surface area contributed by atoms with Crippen molar-refractivity contribution in [2.24, 2.45) is 0 Å². The highest BCUT2D eigenvalue weighted by Gasteiger charge is 2.00. The fraction of sp³-hybridized carbons (Fsp3) is 0.0833. The van der Waals surface area contributed by atoms with Crippen molar-refractivity contribution >= 4 is 17.3 Å². The largest absolute Gasteiger partial charge is 0.398 e. The molecule has 2 aromatic rings. The molecule has 4 heteroatoms. The van der Waals surface area contributed by atoms with E-state index in [1.54, 1.807) is 24.5 Å². The molecular formula is C12H11ClN2O. The van der Waals surface area contributed by atoms with Crippen LogP contribution in [0.3, 0.4) is 0 Å².